The summed E-state index contributed by atoms with van der Waals surface area (Å²) in [5.74, 6) is 1.28. The van der Waals surface area contributed by atoms with Crippen molar-refractivity contribution in [1.82, 2.24) is 5.32 Å². The summed E-state index contributed by atoms with van der Waals surface area (Å²) in [6.07, 6.45) is 2.06. The van der Waals surface area contributed by atoms with Crippen molar-refractivity contribution in [3.8, 4) is 5.75 Å². The molecule has 0 aliphatic carbocycles. The van der Waals surface area contributed by atoms with E-state index in [-0.39, 0.29) is 30.2 Å². The molecular formula is C15H22ClNO2. The number of nitrogens with one attached hydrogen (secondary N) is 1. The Labute approximate surface area is 121 Å². The predicted molar refractivity (Wildman–Crippen MR) is 79.4 cm³/mol. The average Bonchev–Trinajstić information content (AvgIpc) is 2.39. The van der Waals surface area contributed by atoms with Crippen molar-refractivity contribution in [3.05, 3.63) is 29.8 Å². The predicted octanol–water partition coefficient (Wildman–Crippen LogP) is 3.08. The molecule has 3 nitrogen and oxygen atoms in total. The summed E-state index contributed by atoms with van der Waals surface area (Å²) in [6, 6.07) is 7.52. The maximum absolute atomic E-state index is 12.3. The maximum atomic E-state index is 12.3. The Morgan fingerprint density at radius 1 is 1.21 bits per heavy atom. The number of halogens is 1. The highest BCUT2D eigenvalue weighted by Crippen LogP contribution is 2.20. The van der Waals surface area contributed by atoms with Crippen LogP contribution in [0.3, 0.4) is 0 Å². The van der Waals surface area contributed by atoms with Gasteiger partial charge in [-0.25, -0.2) is 0 Å². The fourth-order valence-corrected chi connectivity index (χ4v) is 2.29. The van der Waals surface area contributed by atoms with E-state index in [9.17, 15) is 4.79 Å². The van der Waals surface area contributed by atoms with Crippen molar-refractivity contribution in [2.45, 2.75) is 32.8 Å². The van der Waals surface area contributed by atoms with Crippen LogP contribution in [0, 0.1) is 5.92 Å². The van der Waals surface area contributed by atoms with Gasteiger partial charge in [0.05, 0.1) is 6.10 Å². The number of ketones is 1. The van der Waals surface area contributed by atoms with Gasteiger partial charge in [0.15, 0.2) is 5.78 Å². The van der Waals surface area contributed by atoms with E-state index < -0.39 is 0 Å². The van der Waals surface area contributed by atoms with Gasteiger partial charge in [-0.1, -0.05) is 0 Å². The van der Waals surface area contributed by atoms with Crippen LogP contribution in [0.15, 0.2) is 24.3 Å². The van der Waals surface area contributed by atoms with Gasteiger partial charge in [0, 0.05) is 11.5 Å². The van der Waals surface area contributed by atoms with Gasteiger partial charge in [0.2, 0.25) is 0 Å². The van der Waals surface area contributed by atoms with Crippen LogP contribution >= 0.6 is 12.4 Å². The summed E-state index contributed by atoms with van der Waals surface area (Å²) in [7, 11) is 0. The summed E-state index contributed by atoms with van der Waals surface area (Å²) >= 11 is 0. The largest absolute Gasteiger partial charge is 0.491 e. The van der Waals surface area contributed by atoms with E-state index in [4.69, 9.17) is 4.74 Å². The first-order valence-electron chi connectivity index (χ1n) is 6.68. The molecule has 0 radical (unpaired) electrons. The molecule has 0 atom stereocenters. The Morgan fingerprint density at radius 3 is 2.32 bits per heavy atom. The molecule has 4 heteroatoms. The summed E-state index contributed by atoms with van der Waals surface area (Å²) < 4.78 is 5.57. The third-order valence-electron chi connectivity index (χ3n) is 3.22. The molecule has 1 aliphatic rings. The first-order valence-corrected chi connectivity index (χ1v) is 6.68. The highest BCUT2D eigenvalue weighted by atomic mass is 35.5. The van der Waals surface area contributed by atoms with E-state index in [1.165, 1.54) is 0 Å². The molecule has 0 unspecified atom stereocenters. The van der Waals surface area contributed by atoms with Gasteiger partial charge in [-0.15, -0.1) is 12.4 Å². The number of hydrogen-bond donors (Lipinski definition) is 1. The van der Waals surface area contributed by atoms with Crippen LogP contribution < -0.4 is 10.1 Å². The normalized spacial score (nSPS) is 15.9. The van der Waals surface area contributed by atoms with E-state index in [0.717, 1.165) is 37.2 Å². The van der Waals surface area contributed by atoms with Crippen LogP contribution in [0.4, 0.5) is 0 Å². The fraction of sp³-hybridized carbons (Fsp3) is 0.533. The van der Waals surface area contributed by atoms with Crippen LogP contribution in [0.25, 0.3) is 0 Å². The summed E-state index contributed by atoms with van der Waals surface area (Å²) in [6.45, 7) is 5.89. The maximum Gasteiger partial charge on any atom is 0.166 e. The Kier molecular flexibility index (Phi) is 6.32. The van der Waals surface area contributed by atoms with Gasteiger partial charge < -0.3 is 10.1 Å². The Morgan fingerprint density at radius 2 is 1.79 bits per heavy atom. The molecule has 1 N–H and O–H groups in total. The minimum absolute atomic E-state index is 0. The quantitative estimate of drug-likeness (QED) is 0.863. The molecule has 0 aromatic heterocycles. The lowest BCUT2D eigenvalue weighted by Gasteiger charge is -2.21. The van der Waals surface area contributed by atoms with Crippen LogP contribution in [-0.4, -0.2) is 25.0 Å². The SMILES string of the molecule is CC(C)Oc1ccc(C(=O)C2CCNCC2)cc1.Cl. The van der Waals surface area contributed by atoms with E-state index >= 15 is 0 Å². The highest BCUT2D eigenvalue weighted by Gasteiger charge is 2.21. The van der Waals surface area contributed by atoms with E-state index in [0.29, 0.717) is 0 Å². The molecule has 106 valence electrons. The second kappa shape index (κ2) is 7.51. The fourth-order valence-electron chi connectivity index (χ4n) is 2.29. The molecule has 0 saturated carbocycles. The molecule has 1 heterocycles. The van der Waals surface area contributed by atoms with Crippen LogP contribution in [0.5, 0.6) is 5.75 Å². The minimum Gasteiger partial charge on any atom is -0.491 e. The van der Waals surface area contributed by atoms with Gasteiger partial charge >= 0.3 is 0 Å². The number of carbonyl (C=O) groups is 1. The standard InChI is InChI=1S/C15H21NO2.ClH/c1-11(2)18-14-5-3-12(4-6-14)15(17)13-7-9-16-10-8-13;/h3-6,11,13,16H,7-10H2,1-2H3;1H. The molecule has 1 aromatic carbocycles. The smallest absolute Gasteiger partial charge is 0.166 e. The number of benzene rings is 1. The molecule has 19 heavy (non-hydrogen) atoms. The zero-order chi connectivity index (χ0) is 13.0. The zero-order valence-corrected chi connectivity index (χ0v) is 12.3. The number of piperidine rings is 1. The first-order chi connectivity index (χ1) is 8.66. The Hall–Kier alpha value is -1.06. The van der Waals surface area contributed by atoms with Crippen LogP contribution in [0.2, 0.25) is 0 Å². The van der Waals surface area contributed by atoms with Crippen molar-refractivity contribution in [2.75, 3.05) is 13.1 Å². The second-order valence-electron chi connectivity index (χ2n) is 5.08. The number of hydrogen-bond acceptors (Lipinski definition) is 3. The third-order valence-corrected chi connectivity index (χ3v) is 3.22. The Bertz CT molecular complexity index is 397. The topological polar surface area (TPSA) is 38.3 Å². The molecule has 0 spiro atoms. The molecule has 1 aromatic rings. The van der Waals surface area contributed by atoms with Crippen LogP contribution in [0.1, 0.15) is 37.0 Å². The second-order valence-corrected chi connectivity index (χ2v) is 5.08. The third kappa shape index (κ3) is 4.51. The number of carbonyl (C=O) groups excluding carboxylic acids is 1. The molecule has 1 saturated heterocycles. The molecule has 1 aliphatic heterocycles. The van der Waals surface area contributed by atoms with E-state index in [1.807, 2.05) is 38.1 Å². The molecule has 0 amide bonds. The average molecular weight is 284 g/mol. The molecule has 0 bridgehead atoms. The first kappa shape index (κ1) is 16.0. The zero-order valence-electron chi connectivity index (χ0n) is 11.5. The summed E-state index contributed by atoms with van der Waals surface area (Å²) in [5, 5.41) is 3.28. The van der Waals surface area contributed by atoms with Gasteiger partial charge in [0.1, 0.15) is 5.75 Å². The molecule has 2 rings (SSSR count). The van der Waals surface area contributed by atoms with Crippen LogP contribution in [-0.2, 0) is 0 Å². The minimum atomic E-state index is 0. The van der Waals surface area contributed by atoms with Gasteiger partial charge in [-0.3, -0.25) is 4.79 Å². The lowest BCUT2D eigenvalue weighted by molar-refractivity contribution is 0.0895. The molecular weight excluding hydrogens is 262 g/mol. The number of rotatable bonds is 4. The monoisotopic (exact) mass is 283 g/mol. The lowest BCUT2D eigenvalue weighted by Crippen LogP contribution is -2.31. The number of ether oxygens (including phenoxy) is 1. The van der Waals surface area contributed by atoms with E-state index in [2.05, 4.69) is 5.32 Å². The van der Waals surface area contributed by atoms with Gasteiger partial charge in [-0.2, -0.15) is 0 Å². The van der Waals surface area contributed by atoms with Crippen molar-refractivity contribution >= 4 is 18.2 Å². The van der Waals surface area contributed by atoms with Crippen molar-refractivity contribution < 1.29 is 9.53 Å². The summed E-state index contributed by atoms with van der Waals surface area (Å²) in [5.41, 5.74) is 0.804. The number of Topliss-reactive ketones (excluding diaryl/α,β-unsaturated/α-hetero) is 1. The summed E-state index contributed by atoms with van der Waals surface area (Å²) in [4.78, 5) is 12.3. The van der Waals surface area contributed by atoms with E-state index in [1.54, 1.807) is 0 Å². The van der Waals surface area contributed by atoms with Gasteiger partial charge in [-0.05, 0) is 64.0 Å². The Balaban J connectivity index is 0.00000180. The highest BCUT2D eigenvalue weighted by molar-refractivity contribution is 5.98. The van der Waals surface area contributed by atoms with Crippen molar-refractivity contribution in [1.29, 1.82) is 0 Å². The van der Waals surface area contributed by atoms with Crippen molar-refractivity contribution in [3.63, 3.8) is 0 Å². The van der Waals surface area contributed by atoms with Gasteiger partial charge in [0.25, 0.3) is 0 Å². The lowest BCUT2D eigenvalue weighted by atomic mass is 9.90. The molecule has 1 fully saturated rings. The van der Waals surface area contributed by atoms with Crippen molar-refractivity contribution in [2.24, 2.45) is 5.92 Å².